The minimum atomic E-state index is 0.348. The summed E-state index contributed by atoms with van der Waals surface area (Å²) in [7, 11) is 0. The number of benzene rings is 1. The van der Waals surface area contributed by atoms with Gasteiger partial charge in [0.1, 0.15) is 11.5 Å². The van der Waals surface area contributed by atoms with E-state index in [2.05, 4.69) is 15.0 Å². The molecule has 2 aromatic rings. The van der Waals surface area contributed by atoms with Crippen LogP contribution in [0.25, 0.3) is 0 Å². The lowest BCUT2D eigenvalue weighted by Gasteiger charge is -1.94. The molecular weight excluding hydrogens is 269 g/mol. The molecule has 0 amide bonds. The van der Waals surface area contributed by atoms with Gasteiger partial charge in [0, 0.05) is 23.0 Å². The van der Waals surface area contributed by atoms with Crippen molar-refractivity contribution >= 4 is 40.4 Å². The number of pyridine rings is 1. The third-order valence-electron chi connectivity index (χ3n) is 2.10. The molecule has 0 radical (unpaired) electrons. The predicted octanol–water partition coefficient (Wildman–Crippen LogP) is 4.08. The van der Waals surface area contributed by atoms with E-state index in [0.717, 1.165) is 11.3 Å². The van der Waals surface area contributed by atoms with Gasteiger partial charge in [-0.3, -0.25) is 4.98 Å². The molecule has 5 heteroatoms. The van der Waals surface area contributed by atoms with Gasteiger partial charge < -0.3 is 0 Å². The monoisotopic (exact) mass is 277 g/mol. The summed E-state index contributed by atoms with van der Waals surface area (Å²) < 4.78 is 0. The molecule has 0 aliphatic carbocycles. The van der Waals surface area contributed by atoms with Crippen LogP contribution in [0.3, 0.4) is 0 Å². The minimum Gasteiger partial charge on any atom is -0.264 e. The average molecular weight is 278 g/mol. The first-order valence-corrected chi connectivity index (χ1v) is 5.93. The molecule has 0 N–H and O–H groups in total. The molecule has 90 valence electrons. The van der Waals surface area contributed by atoms with Crippen molar-refractivity contribution in [2.45, 2.75) is 0 Å². The third kappa shape index (κ3) is 3.65. The first-order valence-electron chi connectivity index (χ1n) is 5.17. The summed E-state index contributed by atoms with van der Waals surface area (Å²) in [4.78, 5) is 12.1. The number of aromatic nitrogens is 1. The highest BCUT2D eigenvalue weighted by Crippen LogP contribution is 2.15. The van der Waals surface area contributed by atoms with E-state index in [0.29, 0.717) is 10.2 Å². The van der Waals surface area contributed by atoms with Gasteiger partial charge in [0.05, 0.1) is 5.69 Å². The number of nitrogens with zero attached hydrogens (tertiary/aromatic N) is 3. The van der Waals surface area contributed by atoms with Crippen LogP contribution >= 0.6 is 23.2 Å². The molecule has 1 aromatic heterocycles. The van der Waals surface area contributed by atoms with Crippen LogP contribution in [-0.4, -0.2) is 16.5 Å². The zero-order chi connectivity index (χ0) is 12.8. The molecule has 18 heavy (non-hydrogen) atoms. The second kappa shape index (κ2) is 6.28. The summed E-state index contributed by atoms with van der Waals surface area (Å²) in [6.07, 6.45) is 4.72. The summed E-state index contributed by atoms with van der Waals surface area (Å²) >= 11 is 11.8. The maximum absolute atomic E-state index is 6.00. The van der Waals surface area contributed by atoms with Crippen molar-refractivity contribution in [1.29, 1.82) is 0 Å². The zero-order valence-corrected chi connectivity index (χ0v) is 10.8. The maximum atomic E-state index is 6.00. The van der Waals surface area contributed by atoms with Crippen LogP contribution < -0.4 is 0 Å². The third-order valence-corrected chi connectivity index (χ3v) is 2.67. The van der Waals surface area contributed by atoms with Crippen LogP contribution in [0.5, 0.6) is 0 Å². The van der Waals surface area contributed by atoms with Gasteiger partial charge in [-0.2, -0.15) is 0 Å². The van der Waals surface area contributed by atoms with Gasteiger partial charge in [-0.05, 0) is 36.4 Å². The summed E-state index contributed by atoms with van der Waals surface area (Å²) in [5.74, 6) is 0. The van der Waals surface area contributed by atoms with Gasteiger partial charge in [0.2, 0.25) is 0 Å². The fourth-order valence-electron chi connectivity index (χ4n) is 1.23. The van der Waals surface area contributed by atoms with Crippen LogP contribution in [-0.2, 0) is 0 Å². The Morgan fingerprint density at radius 2 is 1.94 bits per heavy atom. The van der Waals surface area contributed by atoms with Crippen LogP contribution in [0.1, 0.15) is 5.56 Å². The van der Waals surface area contributed by atoms with Crippen LogP contribution in [0.4, 0.5) is 5.69 Å². The normalized spacial score (nSPS) is 12.0. The van der Waals surface area contributed by atoms with Crippen molar-refractivity contribution in [2.24, 2.45) is 9.98 Å². The van der Waals surface area contributed by atoms with E-state index < -0.39 is 0 Å². The fraction of sp³-hybridized carbons (Fsp3) is 0. The largest absolute Gasteiger partial charge is 0.264 e. The van der Waals surface area contributed by atoms with Crippen molar-refractivity contribution in [1.82, 2.24) is 4.98 Å². The Morgan fingerprint density at radius 3 is 2.61 bits per heavy atom. The molecule has 3 nitrogen and oxygen atoms in total. The molecular formula is C13H9Cl2N3. The van der Waals surface area contributed by atoms with Crippen molar-refractivity contribution in [2.75, 3.05) is 0 Å². The Hall–Kier alpha value is -1.71. The predicted molar refractivity (Wildman–Crippen MR) is 76.2 cm³/mol. The Bertz CT molecular complexity index is 563. The number of rotatable bonds is 3. The zero-order valence-electron chi connectivity index (χ0n) is 9.29. The van der Waals surface area contributed by atoms with E-state index in [-0.39, 0.29) is 0 Å². The summed E-state index contributed by atoms with van der Waals surface area (Å²) in [5, 5.41) is 1.02. The van der Waals surface area contributed by atoms with E-state index in [9.17, 15) is 0 Å². The molecule has 0 aliphatic rings. The lowest BCUT2D eigenvalue weighted by Crippen LogP contribution is -1.91. The second-order valence-corrected chi connectivity index (χ2v) is 4.18. The van der Waals surface area contributed by atoms with Gasteiger partial charge in [-0.25, -0.2) is 9.98 Å². The topological polar surface area (TPSA) is 37.6 Å². The molecule has 0 spiro atoms. The Balaban J connectivity index is 2.08. The Kier molecular flexibility index (Phi) is 4.45. The average Bonchev–Trinajstić information content (AvgIpc) is 2.42. The van der Waals surface area contributed by atoms with E-state index in [1.807, 2.05) is 6.07 Å². The van der Waals surface area contributed by atoms with Crippen molar-refractivity contribution < 1.29 is 0 Å². The lowest BCUT2D eigenvalue weighted by molar-refractivity contribution is 1.32. The molecule has 2 rings (SSSR count). The molecule has 1 aromatic carbocycles. The number of halogens is 2. The smallest absolute Gasteiger partial charge is 0.139 e. The highest BCUT2D eigenvalue weighted by molar-refractivity contribution is 6.70. The van der Waals surface area contributed by atoms with E-state index in [1.54, 1.807) is 42.7 Å². The first kappa shape index (κ1) is 12.7. The van der Waals surface area contributed by atoms with Crippen LogP contribution in [0.2, 0.25) is 5.02 Å². The molecule has 0 atom stereocenters. The van der Waals surface area contributed by atoms with Crippen molar-refractivity contribution in [3.05, 3.63) is 59.4 Å². The van der Waals surface area contributed by atoms with Gasteiger partial charge in [-0.15, -0.1) is 0 Å². The quantitative estimate of drug-likeness (QED) is 0.615. The second-order valence-electron chi connectivity index (χ2n) is 3.38. The van der Waals surface area contributed by atoms with Gasteiger partial charge >= 0.3 is 0 Å². The lowest BCUT2D eigenvalue weighted by atomic mass is 10.3. The van der Waals surface area contributed by atoms with Gasteiger partial charge in [0.25, 0.3) is 0 Å². The summed E-state index contributed by atoms with van der Waals surface area (Å²) in [5.41, 5.74) is 1.51. The van der Waals surface area contributed by atoms with Crippen molar-refractivity contribution in [3.63, 3.8) is 0 Å². The molecule has 0 aliphatic heterocycles. The van der Waals surface area contributed by atoms with E-state index >= 15 is 0 Å². The van der Waals surface area contributed by atoms with E-state index in [4.69, 9.17) is 23.2 Å². The number of aliphatic imine (C=N–C) groups is 2. The Labute approximate surface area is 115 Å². The molecule has 1 heterocycles. The minimum absolute atomic E-state index is 0.348. The van der Waals surface area contributed by atoms with Gasteiger partial charge in [-0.1, -0.05) is 23.2 Å². The van der Waals surface area contributed by atoms with Crippen LogP contribution in [0.15, 0.2) is 58.8 Å². The number of hydrogen-bond donors (Lipinski definition) is 0. The fourth-order valence-corrected chi connectivity index (χ4v) is 1.51. The highest BCUT2D eigenvalue weighted by Gasteiger charge is 1.96. The molecule has 0 bridgehead atoms. The standard InChI is InChI=1S/C13H9Cl2N3/c14-11-3-5-12(6-4-11)17-9-18-13(15)10-2-1-7-16-8-10/h1-9H. The van der Waals surface area contributed by atoms with Crippen LogP contribution in [0, 0.1) is 0 Å². The Morgan fingerprint density at radius 1 is 1.17 bits per heavy atom. The van der Waals surface area contributed by atoms with Gasteiger partial charge in [0.15, 0.2) is 0 Å². The maximum Gasteiger partial charge on any atom is 0.139 e. The molecule has 0 unspecified atom stereocenters. The number of hydrogen-bond acceptors (Lipinski definition) is 2. The molecule has 0 fully saturated rings. The van der Waals surface area contributed by atoms with Crippen molar-refractivity contribution in [3.8, 4) is 0 Å². The highest BCUT2D eigenvalue weighted by atomic mass is 35.5. The summed E-state index contributed by atoms with van der Waals surface area (Å²) in [6.45, 7) is 0. The molecule has 0 saturated heterocycles. The van der Waals surface area contributed by atoms with E-state index in [1.165, 1.54) is 6.34 Å². The SMILES string of the molecule is ClC(=NC=Nc1ccc(Cl)cc1)c1cccnc1. The first-order chi connectivity index (χ1) is 8.75. The summed E-state index contributed by atoms with van der Waals surface area (Å²) in [6, 6.07) is 10.7. The molecule has 0 saturated carbocycles.